The van der Waals surface area contributed by atoms with E-state index in [9.17, 15) is 14.4 Å². The molecular weight excluding hydrogens is 366 g/mol. The number of hydrogen-bond donors (Lipinski definition) is 0. The summed E-state index contributed by atoms with van der Waals surface area (Å²) in [6.45, 7) is 5.56. The van der Waals surface area contributed by atoms with Crippen molar-refractivity contribution in [2.75, 3.05) is 37.6 Å². The molecule has 4 rings (SSSR count). The van der Waals surface area contributed by atoms with Crippen molar-refractivity contribution >= 4 is 23.4 Å². The van der Waals surface area contributed by atoms with Gasteiger partial charge in [0.15, 0.2) is 0 Å². The minimum atomic E-state index is -0.279. The summed E-state index contributed by atoms with van der Waals surface area (Å²) in [4.78, 5) is 43.9. The molecule has 0 saturated carbocycles. The Hall–Kier alpha value is -2.37. The van der Waals surface area contributed by atoms with E-state index in [0.29, 0.717) is 19.6 Å². The van der Waals surface area contributed by atoms with Crippen LogP contribution < -0.4 is 4.90 Å². The molecule has 6 nitrogen and oxygen atoms in total. The highest BCUT2D eigenvalue weighted by Crippen LogP contribution is 2.30. The van der Waals surface area contributed by atoms with Crippen molar-refractivity contribution in [3.05, 3.63) is 29.8 Å². The molecule has 3 saturated heterocycles. The molecule has 0 radical (unpaired) electrons. The highest BCUT2D eigenvalue weighted by Gasteiger charge is 2.39. The second-order valence-corrected chi connectivity index (χ2v) is 8.52. The monoisotopic (exact) mass is 397 g/mol. The van der Waals surface area contributed by atoms with Gasteiger partial charge in [-0.1, -0.05) is 25.1 Å². The van der Waals surface area contributed by atoms with Crippen molar-refractivity contribution in [2.24, 2.45) is 11.8 Å². The fourth-order valence-corrected chi connectivity index (χ4v) is 4.98. The molecule has 29 heavy (non-hydrogen) atoms. The fourth-order valence-electron chi connectivity index (χ4n) is 4.98. The zero-order valence-electron chi connectivity index (χ0n) is 17.3. The van der Waals surface area contributed by atoms with Gasteiger partial charge in [-0.25, -0.2) is 0 Å². The number of piperidine rings is 1. The number of aryl methyl sites for hydroxylation is 1. The number of nitrogens with zero attached hydrogens (tertiary/aromatic N) is 3. The number of hydrogen-bond acceptors (Lipinski definition) is 3. The summed E-state index contributed by atoms with van der Waals surface area (Å²) in [5, 5.41) is 0. The van der Waals surface area contributed by atoms with Gasteiger partial charge in [0.1, 0.15) is 0 Å². The zero-order valence-corrected chi connectivity index (χ0v) is 17.3. The van der Waals surface area contributed by atoms with E-state index < -0.39 is 0 Å². The van der Waals surface area contributed by atoms with Crippen LogP contribution in [0.3, 0.4) is 0 Å². The van der Waals surface area contributed by atoms with Crippen molar-refractivity contribution in [3.8, 4) is 0 Å². The number of para-hydroxylation sites is 1. The van der Waals surface area contributed by atoms with Crippen molar-refractivity contribution in [3.63, 3.8) is 0 Å². The normalized spacial score (nSPS) is 23.1. The van der Waals surface area contributed by atoms with Crippen LogP contribution in [0.25, 0.3) is 0 Å². The van der Waals surface area contributed by atoms with Gasteiger partial charge in [0.05, 0.1) is 5.92 Å². The Morgan fingerprint density at radius 3 is 2.24 bits per heavy atom. The molecular formula is C23H31N3O3. The Morgan fingerprint density at radius 2 is 1.55 bits per heavy atom. The van der Waals surface area contributed by atoms with Crippen molar-refractivity contribution in [1.82, 2.24) is 9.80 Å². The SMILES string of the molecule is CCc1ccccc1N1CC(C(=O)N2CCC(C(=O)N3CCCC3)CC2)CC1=O. The number of amides is 3. The molecule has 0 N–H and O–H groups in total. The number of benzene rings is 1. The fraction of sp³-hybridized carbons (Fsp3) is 0.609. The molecule has 0 aliphatic carbocycles. The average molecular weight is 398 g/mol. The third-order valence-electron chi connectivity index (χ3n) is 6.71. The molecule has 156 valence electrons. The van der Waals surface area contributed by atoms with Gasteiger partial charge in [0.2, 0.25) is 17.7 Å². The Bertz CT molecular complexity index is 779. The first-order valence-corrected chi connectivity index (χ1v) is 11.0. The summed E-state index contributed by atoms with van der Waals surface area (Å²) in [6, 6.07) is 7.94. The average Bonchev–Trinajstić information content (AvgIpc) is 3.43. The summed E-state index contributed by atoms with van der Waals surface area (Å²) in [6.07, 6.45) is 4.84. The van der Waals surface area contributed by atoms with Crippen LogP contribution in [0.1, 0.15) is 44.6 Å². The van der Waals surface area contributed by atoms with Crippen molar-refractivity contribution in [2.45, 2.75) is 45.4 Å². The lowest BCUT2D eigenvalue weighted by Crippen LogP contribution is -2.46. The summed E-state index contributed by atoms with van der Waals surface area (Å²) < 4.78 is 0. The second-order valence-electron chi connectivity index (χ2n) is 8.52. The van der Waals surface area contributed by atoms with Gasteiger partial charge in [-0.3, -0.25) is 14.4 Å². The lowest BCUT2D eigenvalue weighted by atomic mass is 9.94. The highest BCUT2D eigenvalue weighted by atomic mass is 16.2. The largest absolute Gasteiger partial charge is 0.342 e. The van der Waals surface area contributed by atoms with E-state index in [1.54, 1.807) is 4.90 Å². The van der Waals surface area contributed by atoms with E-state index in [0.717, 1.165) is 56.4 Å². The molecule has 3 fully saturated rings. The summed E-state index contributed by atoms with van der Waals surface area (Å²) in [5.41, 5.74) is 2.07. The zero-order chi connectivity index (χ0) is 20.4. The molecule has 0 spiro atoms. The van der Waals surface area contributed by atoms with Crippen LogP contribution in [-0.4, -0.2) is 60.2 Å². The summed E-state index contributed by atoms with van der Waals surface area (Å²) in [5.74, 6) is 0.145. The molecule has 1 atom stereocenters. The van der Waals surface area contributed by atoms with Crippen LogP contribution in [0.2, 0.25) is 0 Å². The van der Waals surface area contributed by atoms with Crippen molar-refractivity contribution in [1.29, 1.82) is 0 Å². The molecule has 3 heterocycles. The minimum Gasteiger partial charge on any atom is -0.342 e. The highest BCUT2D eigenvalue weighted by molar-refractivity contribution is 6.00. The maximum Gasteiger partial charge on any atom is 0.228 e. The first kappa shape index (κ1) is 19.9. The predicted octanol–water partition coefficient (Wildman–Crippen LogP) is 2.46. The van der Waals surface area contributed by atoms with E-state index in [2.05, 4.69) is 6.92 Å². The van der Waals surface area contributed by atoms with Gasteiger partial charge in [0.25, 0.3) is 0 Å². The van der Waals surface area contributed by atoms with Gasteiger partial charge in [-0.2, -0.15) is 0 Å². The molecule has 0 aromatic heterocycles. The van der Waals surface area contributed by atoms with E-state index in [1.807, 2.05) is 34.1 Å². The Balaban J connectivity index is 1.35. The molecule has 1 unspecified atom stereocenters. The molecule has 3 aliphatic rings. The topological polar surface area (TPSA) is 60.9 Å². The van der Waals surface area contributed by atoms with Crippen LogP contribution in [0.5, 0.6) is 0 Å². The van der Waals surface area contributed by atoms with E-state index >= 15 is 0 Å². The lowest BCUT2D eigenvalue weighted by molar-refractivity contribution is -0.142. The molecule has 0 bridgehead atoms. The van der Waals surface area contributed by atoms with E-state index in [4.69, 9.17) is 0 Å². The van der Waals surface area contributed by atoms with Gasteiger partial charge >= 0.3 is 0 Å². The lowest BCUT2D eigenvalue weighted by Gasteiger charge is -2.34. The predicted molar refractivity (Wildman–Crippen MR) is 111 cm³/mol. The minimum absolute atomic E-state index is 0.0309. The summed E-state index contributed by atoms with van der Waals surface area (Å²) >= 11 is 0. The van der Waals surface area contributed by atoms with Crippen LogP contribution in [-0.2, 0) is 20.8 Å². The maximum absolute atomic E-state index is 13.1. The molecule has 1 aromatic rings. The number of likely N-dealkylation sites (tertiary alicyclic amines) is 2. The smallest absolute Gasteiger partial charge is 0.228 e. The number of anilines is 1. The quantitative estimate of drug-likeness (QED) is 0.784. The first-order valence-electron chi connectivity index (χ1n) is 11.0. The third kappa shape index (κ3) is 4.02. The molecule has 6 heteroatoms. The van der Waals surface area contributed by atoms with Gasteiger partial charge in [-0.15, -0.1) is 0 Å². The van der Waals surface area contributed by atoms with Crippen LogP contribution in [0.15, 0.2) is 24.3 Å². The number of carbonyl (C=O) groups is 3. The number of carbonyl (C=O) groups excluding carboxylic acids is 3. The van der Waals surface area contributed by atoms with Crippen LogP contribution in [0.4, 0.5) is 5.69 Å². The van der Waals surface area contributed by atoms with Gasteiger partial charge in [0, 0.05) is 50.7 Å². The van der Waals surface area contributed by atoms with Gasteiger partial charge in [-0.05, 0) is 43.7 Å². The van der Waals surface area contributed by atoms with Gasteiger partial charge < -0.3 is 14.7 Å². The third-order valence-corrected chi connectivity index (χ3v) is 6.71. The van der Waals surface area contributed by atoms with Crippen LogP contribution in [0, 0.1) is 11.8 Å². The molecule has 3 amide bonds. The number of rotatable bonds is 4. The van der Waals surface area contributed by atoms with E-state index in [1.165, 1.54) is 0 Å². The Morgan fingerprint density at radius 1 is 0.931 bits per heavy atom. The standard InChI is InChI=1S/C23H31N3O3/c1-2-17-7-3-4-8-20(17)26-16-19(15-21(26)27)23(29)25-13-9-18(10-14-25)22(28)24-11-5-6-12-24/h3-4,7-8,18-19H,2,5-6,9-16H2,1H3. The van der Waals surface area contributed by atoms with Crippen LogP contribution >= 0.6 is 0 Å². The van der Waals surface area contributed by atoms with E-state index in [-0.39, 0.29) is 36.0 Å². The Labute approximate surface area is 172 Å². The summed E-state index contributed by atoms with van der Waals surface area (Å²) in [7, 11) is 0. The molecule has 3 aliphatic heterocycles. The maximum atomic E-state index is 13.1. The second kappa shape index (κ2) is 8.56. The molecule has 1 aromatic carbocycles. The first-order chi connectivity index (χ1) is 14.1. The van der Waals surface area contributed by atoms with Crippen molar-refractivity contribution < 1.29 is 14.4 Å². The Kier molecular flexibility index (Phi) is 5.88.